The molecule has 166 valence electrons. The van der Waals surface area contributed by atoms with E-state index in [1.165, 1.54) is 0 Å². The third kappa shape index (κ3) is 2.57. The van der Waals surface area contributed by atoms with Gasteiger partial charge in [0.05, 0.1) is 29.3 Å². The number of para-hydroxylation sites is 2. The Morgan fingerprint density at radius 2 is 1.84 bits per heavy atom. The lowest BCUT2D eigenvalue weighted by Crippen LogP contribution is -2.61. The Balaban J connectivity index is 1.40. The molecule has 1 aromatic heterocycles. The number of hydrogen-bond acceptors (Lipinski definition) is 4. The minimum atomic E-state index is -0.455. The van der Waals surface area contributed by atoms with Crippen LogP contribution in [0.4, 0.5) is 0 Å². The number of fused-ring (bicyclic) bond motifs is 6. The maximum Gasteiger partial charge on any atom is 0.100 e. The van der Waals surface area contributed by atoms with E-state index in [1.807, 2.05) is 24.5 Å². The third-order valence-electron chi connectivity index (χ3n) is 10.0. The molecule has 9 atom stereocenters. The molecule has 4 aliphatic carbocycles. The summed E-state index contributed by atoms with van der Waals surface area (Å²) in [4.78, 5) is 4.59. The molecule has 0 spiro atoms. The van der Waals surface area contributed by atoms with E-state index < -0.39 is 11.5 Å². The monoisotopic (exact) mass is 422 g/mol. The summed E-state index contributed by atoms with van der Waals surface area (Å²) in [7, 11) is 0. The molecule has 0 aliphatic heterocycles. The van der Waals surface area contributed by atoms with Crippen molar-refractivity contribution in [3.8, 4) is 0 Å². The molecule has 3 saturated carbocycles. The summed E-state index contributed by atoms with van der Waals surface area (Å²) in [5, 5.41) is 33.3. The van der Waals surface area contributed by atoms with Crippen LogP contribution in [-0.2, 0) is 0 Å². The zero-order valence-corrected chi connectivity index (χ0v) is 18.5. The summed E-state index contributed by atoms with van der Waals surface area (Å²) < 4.78 is 2.16. The number of benzene rings is 1. The van der Waals surface area contributed by atoms with Gasteiger partial charge in [-0.25, -0.2) is 4.98 Å². The maximum atomic E-state index is 11.7. The van der Waals surface area contributed by atoms with E-state index in [0.717, 1.165) is 55.3 Å². The van der Waals surface area contributed by atoms with E-state index in [4.69, 9.17) is 0 Å². The van der Waals surface area contributed by atoms with Crippen LogP contribution < -0.4 is 0 Å². The summed E-state index contributed by atoms with van der Waals surface area (Å²) in [5.74, 6) is 1.05. The fourth-order valence-electron chi connectivity index (χ4n) is 8.24. The van der Waals surface area contributed by atoms with Crippen molar-refractivity contribution in [2.75, 3.05) is 0 Å². The van der Waals surface area contributed by atoms with Crippen molar-refractivity contribution in [3.63, 3.8) is 0 Å². The van der Waals surface area contributed by atoms with Crippen molar-refractivity contribution < 1.29 is 15.3 Å². The molecule has 5 nitrogen and oxygen atoms in total. The van der Waals surface area contributed by atoms with Gasteiger partial charge < -0.3 is 19.9 Å². The molecule has 1 heterocycles. The van der Waals surface area contributed by atoms with Crippen molar-refractivity contribution in [3.05, 3.63) is 36.7 Å². The predicted molar refractivity (Wildman–Crippen MR) is 120 cm³/mol. The van der Waals surface area contributed by atoms with Crippen LogP contribution in [0.1, 0.15) is 52.4 Å². The van der Waals surface area contributed by atoms with Gasteiger partial charge in [0.2, 0.25) is 0 Å². The number of allylic oxidation sites excluding steroid dienone is 1. The lowest BCUT2D eigenvalue weighted by Gasteiger charge is -2.63. The number of aliphatic hydroxyl groups excluding tert-OH is 3. The van der Waals surface area contributed by atoms with Gasteiger partial charge in [-0.3, -0.25) is 0 Å². The van der Waals surface area contributed by atoms with Crippen molar-refractivity contribution in [1.82, 2.24) is 9.55 Å². The van der Waals surface area contributed by atoms with E-state index >= 15 is 0 Å². The molecule has 2 aromatic rings. The Kier molecular flexibility index (Phi) is 4.29. The summed E-state index contributed by atoms with van der Waals surface area (Å²) in [6, 6.07) is 8.15. The largest absolute Gasteiger partial charge is 0.393 e. The molecule has 0 bridgehead atoms. The standard InChI is InChI=1S/C26H34N2O3/c1-25-10-9-16(29)11-15(25)12-21(30)24-17-7-8-22(26(17,2)23(31)13-18(24)25)28-14-27-19-5-3-4-6-20(19)28/h3-6,8,14-18,21,23-24,29-31H,7,9-13H2,1-2H3/t15-,16+,17?,18?,21?,23?,24?,25-,26-/m0/s1. The number of aliphatic hydroxyl groups is 3. The van der Waals surface area contributed by atoms with Gasteiger partial charge in [0, 0.05) is 11.1 Å². The van der Waals surface area contributed by atoms with Crippen molar-refractivity contribution in [2.45, 2.75) is 70.7 Å². The SMILES string of the molecule is C[C@@]12C(n3cnc4ccccc43)=CCC1C1C(O)C[C@@H]3C[C@H](O)CC[C@]3(C)C1CC2O. The molecular formula is C26H34N2O3. The predicted octanol–water partition coefficient (Wildman–Crippen LogP) is 3.83. The normalized spacial score (nSPS) is 46.9. The first-order valence-electron chi connectivity index (χ1n) is 12.0. The highest BCUT2D eigenvalue weighted by atomic mass is 16.3. The zero-order valence-electron chi connectivity index (χ0n) is 18.5. The van der Waals surface area contributed by atoms with Crippen molar-refractivity contribution in [2.24, 2.45) is 34.5 Å². The van der Waals surface area contributed by atoms with Gasteiger partial charge in [0.1, 0.15) is 6.33 Å². The van der Waals surface area contributed by atoms with Crippen LogP contribution in [0.2, 0.25) is 0 Å². The van der Waals surface area contributed by atoms with Gasteiger partial charge >= 0.3 is 0 Å². The van der Waals surface area contributed by atoms with E-state index in [1.54, 1.807) is 0 Å². The van der Waals surface area contributed by atoms with Crippen LogP contribution in [0.25, 0.3) is 16.7 Å². The van der Waals surface area contributed by atoms with Gasteiger partial charge in [-0.05, 0) is 79.7 Å². The van der Waals surface area contributed by atoms with Gasteiger partial charge in [-0.2, -0.15) is 0 Å². The Bertz CT molecular complexity index is 1050. The van der Waals surface area contributed by atoms with Gasteiger partial charge in [-0.15, -0.1) is 0 Å². The lowest BCUT2D eigenvalue weighted by molar-refractivity contribution is -0.189. The topological polar surface area (TPSA) is 78.5 Å². The van der Waals surface area contributed by atoms with E-state index in [0.29, 0.717) is 11.8 Å². The maximum absolute atomic E-state index is 11.7. The minimum Gasteiger partial charge on any atom is -0.393 e. The van der Waals surface area contributed by atoms with E-state index in [-0.39, 0.29) is 29.5 Å². The summed E-state index contributed by atoms with van der Waals surface area (Å²) >= 11 is 0. The number of imidazole rings is 1. The van der Waals surface area contributed by atoms with Crippen LogP contribution >= 0.6 is 0 Å². The summed E-state index contributed by atoms with van der Waals surface area (Å²) in [5.41, 5.74) is 2.87. The summed E-state index contributed by atoms with van der Waals surface area (Å²) in [6.07, 6.45) is 8.13. The molecule has 5 unspecified atom stereocenters. The van der Waals surface area contributed by atoms with Crippen molar-refractivity contribution >= 4 is 16.7 Å². The molecule has 3 N–H and O–H groups in total. The molecule has 1 aromatic carbocycles. The Labute approximate surface area is 183 Å². The van der Waals surface area contributed by atoms with Crippen LogP contribution in [0.5, 0.6) is 0 Å². The molecule has 6 rings (SSSR count). The highest BCUT2D eigenvalue weighted by Crippen LogP contribution is 2.67. The molecular weight excluding hydrogens is 388 g/mol. The van der Waals surface area contributed by atoms with Gasteiger partial charge in [0.25, 0.3) is 0 Å². The highest BCUT2D eigenvalue weighted by molar-refractivity contribution is 5.80. The molecule has 0 saturated heterocycles. The van der Waals surface area contributed by atoms with Crippen LogP contribution in [0, 0.1) is 34.5 Å². The molecule has 3 fully saturated rings. The minimum absolute atomic E-state index is 0.0931. The molecule has 0 amide bonds. The molecule has 31 heavy (non-hydrogen) atoms. The molecule has 4 aliphatic rings. The fourth-order valence-corrected chi connectivity index (χ4v) is 8.24. The first kappa shape index (κ1) is 20.0. The second-order valence-corrected chi connectivity index (χ2v) is 11.2. The zero-order chi connectivity index (χ0) is 21.5. The average Bonchev–Trinajstić information content (AvgIpc) is 3.32. The van der Waals surface area contributed by atoms with Gasteiger partial charge in [0.15, 0.2) is 0 Å². The summed E-state index contributed by atoms with van der Waals surface area (Å²) in [6.45, 7) is 4.58. The quantitative estimate of drug-likeness (QED) is 0.653. The van der Waals surface area contributed by atoms with Crippen molar-refractivity contribution in [1.29, 1.82) is 0 Å². The number of nitrogens with zero attached hydrogens (tertiary/aromatic N) is 2. The molecule has 5 heteroatoms. The smallest absolute Gasteiger partial charge is 0.100 e. The number of hydrogen-bond donors (Lipinski definition) is 3. The Morgan fingerprint density at radius 1 is 1.03 bits per heavy atom. The van der Waals surface area contributed by atoms with Crippen LogP contribution in [0.15, 0.2) is 36.7 Å². The first-order chi connectivity index (χ1) is 14.8. The number of aromatic nitrogens is 2. The molecule has 0 radical (unpaired) electrons. The van der Waals surface area contributed by atoms with E-state index in [9.17, 15) is 15.3 Å². The second kappa shape index (κ2) is 6.66. The fraction of sp³-hybridized carbons (Fsp3) is 0.654. The second-order valence-electron chi connectivity index (χ2n) is 11.2. The Hall–Kier alpha value is -1.69. The van der Waals surface area contributed by atoms with Gasteiger partial charge in [-0.1, -0.05) is 32.1 Å². The number of rotatable bonds is 1. The third-order valence-corrected chi connectivity index (χ3v) is 10.0. The van der Waals surface area contributed by atoms with Crippen LogP contribution in [0.3, 0.4) is 0 Å². The highest BCUT2D eigenvalue weighted by Gasteiger charge is 2.64. The lowest BCUT2D eigenvalue weighted by atomic mass is 9.43. The van der Waals surface area contributed by atoms with Crippen LogP contribution in [-0.4, -0.2) is 43.2 Å². The van der Waals surface area contributed by atoms with E-state index in [2.05, 4.69) is 35.5 Å². The Morgan fingerprint density at radius 3 is 2.68 bits per heavy atom. The first-order valence-corrected chi connectivity index (χ1v) is 12.0. The average molecular weight is 423 g/mol.